The van der Waals surface area contributed by atoms with Crippen molar-refractivity contribution in [3.8, 4) is 6.07 Å². The molecular weight excluding hydrogens is 220 g/mol. The van der Waals surface area contributed by atoms with Crippen LogP contribution in [0.4, 0.5) is 11.4 Å². The smallest absolute Gasteiger partial charge is 0.0991 e. The van der Waals surface area contributed by atoms with Gasteiger partial charge in [-0.25, -0.2) is 0 Å². The van der Waals surface area contributed by atoms with E-state index in [4.69, 9.17) is 5.26 Å². The molecule has 2 aromatic rings. The van der Waals surface area contributed by atoms with E-state index >= 15 is 0 Å². The Labute approximate surface area is 109 Å². The number of nitriles is 1. The SMILES string of the molecule is CC.CN(c1ccccc1)c1ccc(C#N)cc1. The van der Waals surface area contributed by atoms with Crippen molar-refractivity contribution in [3.05, 3.63) is 60.2 Å². The van der Waals surface area contributed by atoms with E-state index in [2.05, 4.69) is 23.1 Å². The van der Waals surface area contributed by atoms with Crippen LogP contribution in [0.1, 0.15) is 19.4 Å². The Morgan fingerprint density at radius 2 is 1.33 bits per heavy atom. The monoisotopic (exact) mass is 238 g/mol. The number of nitrogens with zero attached hydrogens (tertiary/aromatic N) is 2. The first-order chi connectivity index (χ1) is 8.81. The standard InChI is InChI=1S/C14H12N2.C2H6/c1-16(13-5-3-2-4-6-13)14-9-7-12(11-15)8-10-14;1-2/h2-10H,1H3;1-2H3. The van der Waals surface area contributed by atoms with E-state index in [9.17, 15) is 0 Å². The zero-order valence-electron chi connectivity index (χ0n) is 11.1. The molecule has 0 atom stereocenters. The molecule has 0 unspecified atom stereocenters. The first-order valence-corrected chi connectivity index (χ1v) is 6.10. The largest absolute Gasteiger partial charge is 0.345 e. The molecule has 0 fully saturated rings. The van der Waals surface area contributed by atoms with E-state index in [-0.39, 0.29) is 0 Å². The fraction of sp³-hybridized carbons (Fsp3) is 0.188. The molecule has 2 rings (SSSR count). The molecule has 0 radical (unpaired) electrons. The van der Waals surface area contributed by atoms with Crippen molar-refractivity contribution in [2.24, 2.45) is 0 Å². The van der Waals surface area contributed by atoms with Gasteiger partial charge in [0.15, 0.2) is 0 Å². The number of hydrogen-bond donors (Lipinski definition) is 0. The van der Waals surface area contributed by atoms with Crippen LogP contribution in [0.3, 0.4) is 0 Å². The molecule has 0 aliphatic rings. The average molecular weight is 238 g/mol. The number of anilines is 2. The Morgan fingerprint density at radius 3 is 1.83 bits per heavy atom. The maximum Gasteiger partial charge on any atom is 0.0991 e. The maximum absolute atomic E-state index is 8.72. The van der Waals surface area contributed by atoms with Crippen LogP contribution in [0, 0.1) is 11.3 Å². The summed E-state index contributed by atoms with van der Waals surface area (Å²) in [5.74, 6) is 0. The maximum atomic E-state index is 8.72. The lowest BCUT2D eigenvalue weighted by Gasteiger charge is -2.19. The second-order valence-electron chi connectivity index (χ2n) is 3.55. The van der Waals surface area contributed by atoms with Crippen molar-refractivity contribution in [3.63, 3.8) is 0 Å². The van der Waals surface area contributed by atoms with Crippen LogP contribution in [0.2, 0.25) is 0 Å². The number of benzene rings is 2. The highest BCUT2D eigenvalue weighted by Crippen LogP contribution is 2.22. The highest BCUT2D eigenvalue weighted by Gasteiger charge is 2.02. The van der Waals surface area contributed by atoms with Crippen LogP contribution in [0.5, 0.6) is 0 Å². The van der Waals surface area contributed by atoms with Crippen LogP contribution in [0.15, 0.2) is 54.6 Å². The highest BCUT2D eigenvalue weighted by molar-refractivity contribution is 5.62. The predicted octanol–water partition coefficient (Wildman–Crippen LogP) is 4.35. The lowest BCUT2D eigenvalue weighted by molar-refractivity contribution is 1.21. The first-order valence-electron chi connectivity index (χ1n) is 6.10. The van der Waals surface area contributed by atoms with Gasteiger partial charge >= 0.3 is 0 Å². The highest BCUT2D eigenvalue weighted by atomic mass is 15.1. The summed E-state index contributed by atoms with van der Waals surface area (Å²) < 4.78 is 0. The quantitative estimate of drug-likeness (QED) is 0.777. The van der Waals surface area contributed by atoms with Crippen molar-refractivity contribution in [1.82, 2.24) is 0 Å². The molecule has 2 heteroatoms. The second kappa shape index (κ2) is 7.13. The molecule has 0 saturated heterocycles. The lowest BCUT2D eigenvalue weighted by atomic mass is 10.2. The summed E-state index contributed by atoms with van der Waals surface area (Å²) in [7, 11) is 2.01. The Balaban J connectivity index is 0.000000771. The van der Waals surface area contributed by atoms with Gasteiger partial charge in [-0.3, -0.25) is 0 Å². The summed E-state index contributed by atoms with van der Waals surface area (Å²) in [5, 5.41) is 8.72. The summed E-state index contributed by atoms with van der Waals surface area (Å²) >= 11 is 0. The van der Waals surface area contributed by atoms with Crippen molar-refractivity contribution in [2.75, 3.05) is 11.9 Å². The molecule has 92 valence electrons. The van der Waals surface area contributed by atoms with Gasteiger partial charge in [-0.1, -0.05) is 32.0 Å². The molecule has 0 N–H and O–H groups in total. The third-order valence-corrected chi connectivity index (χ3v) is 2.53. The fourth-order valence-corrected chi connectivity index (χ4v) is 1.56. The summed E-state index contributed by atoms with van der Waals surface area (Å²) in [4.78, 5) is 2.08. The summed E-state index contributed by atoms with van der Waals surface area (Å²) in [6.45, 7) is 4.00. The third-order valence-electron chi connectivity index (χ3n) is 2.53. The molecule has 0 spiro atoms. The number of hydrogen-bond acceptors (Lipinski definition) is 2. The van der Waals surface area contributed by atoms with Crippen molar-refractivity contribution in [1.29, 1.82) is 5.26 Å². The summed E-state index contributed by atoms with van der Waals surface area (Å²) in [5.41, 5.74) is 2.89. The Hall–Kier alpha value is -2.27. The molecule has 0 saturated carbocycles. The van der Waals surface area contributed by atoms with E-state index in [0.717, 1.165) is 11.4 Å². The average Bonchev–Trinajstić information content (AvgIpc) is 2.49. The molecule has 0 heterocycles. The molecule has 2 nitrogen and oxygen atoms in total. The van der Waals surface area contributed by atoms with E-state index in [1.165, 1.54) is 0 Å². The molecule has 2 aromatic carbocycles. The van der Waals surface area contributed by atoms with Gasteiger partial charge in [0.25, 0.3) is 0 Å². The van der Waals surface area contributed by atoms with Crippen LogP contribution < -0.4 is 4.90 Å². The number of rotatable bonds is 2. The molecule has 0 aromatic heterocycles. The van der Waals surface area contributed by atoms with Gasteiger partial charge < -0.3 is 4.90 Å². The third kappa shape index (κ3) is 3.36. The van der Waals surface area contributed by atoms with Gasteiger partial charge in [-0.05, 0) is 36.4 Å². The normalized spacial score (nSPS) is 8.78. The second-order valence-corrected chi connectivity index (χ2v) is 3.55. The fourth-order valence-electron chi connectivity index (χ4n) is 1.56. The Kier molecular flexibility index (Phi) is 5.47. The van der Waals surface area contributed by atoms with Gasteiger partial charge in [-0.2, -0.15) is 5.26 Å². The topological polar surface area (TPSA) is 27.0 Å². The van der Waals surface area contributed by atoms with Gasteiger partial charge in [0.05, 0.1) is 11.6 Å². The molecular formula is C16H18N2. The van der Waals surface area contributed by atoms with Crippen molar-refractivity contribution >= 4 is 11.4 Å². The van der Waals surface area contributed by atoms with E-state index in [0.29, 0.717) is 5.56 Å². The Morgan fingerprint density at radius 1 is 0.833 bits per heavy atom. The first kappa shape index (κ1) is 13.8. The van der Waals surface area contributed by atoms with Crippen LogP contribution >= 0.6 is 0 Å². The van der Waals surface area contributed by atoms with E-state index < -0.39 is 0 Å². The zero-order chi connectivity index (χ0) is 13.4. The molecule has 0 bridgehead atoms. The van der Waals surface area contributed by atoms with Gasteiger partial charge in [-0.15, -0.1) is 0 Å². The predicted molar refractivity (Wildman–Crippen MR) is 77.0 cm³/mol. The summed E-state index contributed by atoms with van der Waals surface area (Å²) in [6, 6.07) is 19.8. The minimum absolute atomic E-state index is 0.685. The van der Waals surface area contributed by atoms with E-state index in [1.807, 2.05) is 63.4 Å². The zero-order valence-corrected chi connectivity index (χ0v) is 11.1. The van der Waals surface area contributed by atoms with Crippen LogP contribution in [-0.4, -0.2) is 7.05 Å². The van der Waals surface area contributed by atoms with Gasteiger partial charge in [0.2, 0.25) is 0 Å². The lowest BCUT2D eigenvalue weighted by Crippen LogP contribution is -2.08. The molecule has 0 aliphatic carbocycles. The van der Waals surface area contributed by atoms with Crippen molar-refractivity contribution < 1.29 is 0 Å². The molecule has 0 amide bonds. The molecule has 0 aliphatic heterocycles. The molecule has 18 heavy (non-hydrogen) atoms. The van der Waals surface area contributed by atoms with E-state index in [1.54, 1.807) is 0 Å². The van der Waals surface area contributed by atoms with Gasteiger partial charge in [0.1, 0.15) is 0 Å². The minimum Gasteiger partial charge on any atom is -0.345 e. The van der Waals surface area contributed by atoms with Crippen LogP contribution in [-0.2, 0) is 0 Å². The van der Waals surface area contributed by atoms with Gasteiger partial charge in [0, 0.05) is 18.4 Å². The summed E-state index contributed by atoms with van der Waals surface area (Å²) in [6.07, 6.45) is 0. The van der Waals surface area contributed by atoms with Crippen LogP contribution in [0.25, 0.3) is 0 Å². The Bertz CT molecular complexity index is 495. The number of para-hydroxylation sites is 1. The van der Waals surface area contributed by atoms with Crippen molar-refractivity contribution in [2.45, 2.75) is 13.8 Å². The minimum atomic E-state index is 0.685.